The lowest BCUT2D eigenvalue weighted by Crippen LogP contribution is -2.58. The Morgan fingerprint density at radius 2 is 1.94 bits per heavy atom. The molecule has 0 amide bonds. The van der Waals surface area contributed by atoms with Crippen molar-refractivity contribution >= 4 is 0 Å². The molecule has 0 radical (unpaired) electrons. The molecule has 1 unspecified atom stereocenters. The first-order chi connectivity index (χ1) is 8.81. The fourth-order valence-electron chi connectivity index (χ4n) is 3.92. The van der Waals surface area contributed by atoms with Crippen molar-refractivity contribution in [3.63, 3.8) is 0 Å². The van der Waals surface area contributed by atoms with Crippen LogP contribution in [-0.2, 0) is 4.74 Å². The smallest absolute Gasteiger partial charge is 0.0710 e. The molecule has 0 aromatic rings. The highest BCUT2D eigenvalue weighted by atomic mass is 16.5. The standard InChI is InChI=1S/C15H28N2O/c1-2-17(13-10-16-11-13)12-14-6-9-15(18-14)7-4-3-5-8-15/h13-14,16H,2-12H2,1H3. The van der Waals surface area contributed by atoms with Crippen LogP contribution in [0.1, 0.15) is 51.9 Å². The van der Waals surface area contributed by atoms with Crippen molar-refractivity contribution in [2.75, 3.05) is 26.2 Å². The SMILES string of the molecule is CCN(CC1CCC2(CCCCC2)O1)C1CNC1. The van der Waals surface area contributed by atoms with Crippen LogP contribution in [-0.4, -0.2) is 48.8 Å². The molecule has 3 aliphatic rings. The van der Waals surface area contributed by atoms with Crippen LogP contribution in [0.4, 0.5) is 0 Å². The molecule has 3 fully saturated rings. The van der Waals surface area contributed by atoms with E-state index in [0.717, 1.165) is 12.6 Å². The molecule has 1 atom stereocenters. The van der Waals surface area contributed by atoms with Gasteiger partial charge in [-0.25, -0.2) is 0 Å². The quantitative estimate of drug-likeness (QED) is 0.830. The average molecular weight is 252 g/mol. The van der Waals surface area contributed by atoms with E-state index in [1.165, 1.54) is 64.6 Å². The van der Waals surface area contributed by atoms with E-state index < -0.39 is 0 Å². The molecule has 1 spiro atoms. The van der Waals surface area contributed by atoms with E-state index in [1.807, 2.05) is 0 Å². The predicted octanol–water partition coefficient (Wildman–Crippen LogP) is 2.16. The molecule has 2 saturated heterocycles. The summed E-state index contributed by atoms with van der Waals surface area (Å²) in [6.07, 6.45) is 9.94. The van der Waals surface area contributed by atoms with Crippen molar-refractivity contribution < 1.29 is 4.74 Å². The van der Waals surface area contributed by atoms with E-state index in [4.69, 9.17) is 4.74 Å². The number of hydrogen-bond donors (Lipinski definition) is 1. The topological polar surface area (TPSA) is 24.5 Å². The Balaban J connectivity index is 1.51. The molecule has 104 valence electrons. The zero-order valence-corrected chi connectivity index (χ0v) is 11.8. The van der Waals surface area contributed by atoms with Gasteiger partial charge in [0.25, 0.3) is 0 Å². The number of ether oxygens (including phenoxy) is 1. The second-order valence-corrected chi connectivity index (χ2v) is 6.42. The van der Waals surface area contributed by atoms with Crippen LogP contribution in [0.3, 0.4) is 0 Å². The maximum absolute atomic E-state index is 6.48. The Morgan fingerprint density at radius 3 is 2.56 bits per heavy atom. The summed E-state index contributed by atoms with van der Waals surface area (Å²) in [4.78, 5) is 2.61. The van der Waals surface area contributed by atoms with Gasteiger partial charge in [0, 0.05) is 25.7 Å². The Kier molecular flexibility index (Phi) is 3.92. The number of rotatable bonds is 4. The van der Waals surface area contributed by atoms with Gasteiger partial charge in [0.05, 0.1) is 11.7 Å². The van der Waals surface area contributed by atoms with Crippen LogP contribution in [0, 0.1) is 0 Å². The average Bonchev–Trinajstić information content (AvgIpc) is 2.70. The monoisotopic (exact) mass is 252 g/mol. The maximum Gasteiger partial charge on any atom is 0.0710 e. The summed E-state index contributed by atoms with van der Waals surface area (Å²) in [5.41, 5.74) is 0.292. The van der Waals surface area contributed by atoms with E-state index in [9.17, 15) is 0 Å². The van der Waals surface area contributed by atoms with Gasteiger partial charge >= 0.3 is 0 Å². The molecule has 3 rings (SSSR count). The van der Waals surface area contributed by atoms with Gasteiger partial charge in [-0.15, -0.1) is 0 Å². The van der Waals surface area contributed by atoms with Crippen LogP contribution < -0.4 is 5.32 Å². The first-order valence-electron chi connectivity index (χ1n) is 7.94. The van der Waals surface area contributed by atoms with Crippen molar-refractivity contribution in [3.05, 3.63) is 0 Å². The second-order valence-electron chi connectivity index (χ2n) is 6.42. The minimum atomic E-state index is 0.292. The minimum absolute atomic E-state index is 0.292. The maximum atomic E-state index is 6.48. The molecule has 3 heteroatoms. The zero-order valence-electron chi connectivity index (χ0n) is 11.8. The van der Waals surface area contributed by atoms with Crippen molar-refractivity contribution in [1.29, 1.82) is 0 Å². The van der Waals surface area contributed by atoms with Gasteiger partial charge in [-0.1, -0.05) is 26.2 Å². The molecule has 0 aromatic heterocycles. The Bertz CT molecular complexity index is 272. The molecular formula is C15H28N2O. The number of hydrogen-bond acceptors (Lipinski definition) is 3. The molecule has 1 saturated carbocycles. The number of likely N-dealkylation sites (N-methyl/N-ethyl adjacent to an activating group) is 1. The number of nitrogens with zero attached hydrogens (tertiary/aromatic N) is 1. The van der Waals surface area contributed by atoms with Crippen LogP contribution in [0.2, 0.25) is 0 Å². The molecule has 0 bridgehead atoms. The molecule has 3 nitrogen and oxygen atoms in total. The fraction of sp³-hybridized carbons (Fsp3) is 1.00. The lowest BCUT2D eigenvalue weighted by atomic mass is 9.83. The summed E-state index contributed by atoms with van der Waals surface area (Å²) in [7, 11) is 0. The van der Waals surface area contributed by atoms with Gasteiger partial charge in [0.15, 0.2) is 0 Å². The van der Waals surface area contributed by atoms with E-state index in [0.29, 0.717) is 11.7 Å². The Labute approximate surface area is 111 Å². The van der Waals surface area contributed by atoms with Gasteiger partial charge in [-0.2, -0.15) is 0 Å². The minimum Gasteiger partial charge on any atom is -0.370 e. The van der Waals surface area contributed by atoms with E-state index in [2.05, 4.69) is 17.1 Å². The predicted molar refractivity (Wildman–Crippen MR) is 73.8 cm³/mol. The largest absolute Gasteiger partial charge is 0.370 e. The summed E-state index contributed by atoms with van der Waals surface area (Å²) in [6.45, 7) is 6.95. The van der Waals surface area contributed by atoms with Crippen molar-refractivity contribution in [2.24, 2.45) is 0 Å². The molecule has 2 heterocycles. The molecule has 18 heavy (non-hydrogen) atoms. The van der Waals surface area contributed by atoms with Gasteiger partial charge in [-0.3, -0.25) is 4.90 Å². The summed E-state index contributed by atoms with van der Waals surface area (Å²) >= 11 is 0. The third-order valence-electron chi connectivity index (χ3n) is 5.22. The van der Waals surface area contributed by atoms with Gasteiger partial charge < -0.3 is 10.1 Å². The van der Waals surface area contributed by atoms with Crippen molar-refractivity contribution in [1.82, 2.24) is 10.2 Å². The summed E-state index contributed by atoms with van der Waals surface area (Å²) < 4.78 is 6.48. The van der Waals surface area contributed by atoms with Crippen LogP contribution >= 0.6 is 0 Å². The summed E-state index contributed by atoms with van der Waals surface area (Å²) in [5.74, 6) is 0. The molecular weight excluding hydrogens is 224 g/mol. The first-order valence-corrected chi connectivity index (χ1v) is 7.94. The lowest BCUT2D eigenvalue weighted by Gasteiger charge is -2.39. The molecule has 1 N–H and O–H groups in total. The van der Waals surface area contributed by atoms with Crippen LogP contribution in [0.5, 0.6) is 0 Å². The molecule has 1 aliphatic carbocycles. The highest BCUT2D eigenvalue weighted by Gasteiger charge is 2.41. The second kappa shape index (κ2) is 5.48. The van der Waals surface area contributed by atoms with Crippen molar-refractivity contribution in [2.45, 2.75) is 69.6 Å². The molecule has 2 aliphatic heterocycles. The Morgan fingerprint density at radius 1 is 1.17 bits per heavy atom. The normalized spacial score (nSPS) is 32.0. The third kappa shape index (κ3) is 2.59. The first kappa shape index (κ1) is 12.9. The van der Waals surface area contributed by atoms with Gasteiger partial charge in [-0.05, 0) is 32.2 Å². The van der Waals surface area contributed by atoms with Gasteiger partial charge in [0.2, 0.25) is 0 Å². The van der Waals surface area contributed by atoms with Gasteiger partial charge in [0.1, 0.15) is 0 Å². The molecule has 0 aromatic carbocycles. The fourth-order valence-corrected chi connectivity index (χ4v) is 3.92. The van der Waals surface area contributed by atoms with E-state index in [-0.39, 0.29) is 0 Å². The highest BCUT2D eigenvalue weighted by Crippen LogP contribution is 2.42. The summed E-state index contributed by atoms with van der Waals surface area (Å²) in [5, 5.41) is 3.38. The Hall–Kier alpha value is -0.120. The zero-order chi connectivity index (χ0) is 12.4. The highest BCUT2D eigenvalue weighted by molar-refractivity contribution is 4.93. The van der Waals surface area contributed by atoms with Crippen LogP contribution in [0.25, 0.3) is 0 Å². The van der Waals surface area contributed by atoms with E-state index in [1.54, 1.807) is 0 Å². The van der Waals surface area contributed by atoms with Crippen molar-refractivity contribution in [3.8, 4) is 0 Å². The summed E-state index contributed by atoms with van der Waals surface area (Å²) in [6, 6.07) is 0.765. The van der Waals surface area contributed by atoms with E-state index >= 15 is 0 Å². The number of nitrogens with one attached hydrogen (secondary N) is 1. The third-order valence-corrected chi connectivity index (χ3v) is 5.22. The van der Waals surface area contributed by atoms with Crippen LogP contribution in [0.15, 0.2) is 0 Å². The lowest BCUT2D eigenvalue weighted by molar-refractivity contribution is -0.0759.